The first-order valence-corrected chi connectivity index (χ1v) is 8.86. The Morgan fingerprint density at radius 2 is 1.81 bits per heavy atom. The fraction of sp³-hybridized carbons (Fsp3) is 0.176. The molecule has 0 fully saturated rings. The van der Waals surface area contributed by atoms with Gasteiger partial charge in [-0.2, -0.15) is 0 Å². The van der Waals surface area contributed by atoms with Gasteiger partial charge in [-0.3, -0.25) is 9.78 Å². The number of pyridine rings is 1. The van der Waals surface area contributed by atoms with Gasteiger partial charge in [-0.1, -0.05) is 11.8 Å². The maximum atomic E-state index is 12.3. The summed E-state index contributed by atoms with van der Waals surface area (Å²) in [6.45, 7) is 0. The average Bonchev–Trinajstić information content (AvgIpc) is 3.07. The molecule has 0 unspecified atom stereocenters. The number of carbonyl (C=O) groups excluding carboxylic acids is 1. The summed E-state index contributed by atoms with van der Waals surface area (Å²) in [7, 11) is 3.09. The fourth-order valence-electron chi connectivity index (χ4n) is 2.28. The van der Waals surface area contributed by atoms with Gasteiger partial charge in [0.25, 0.3) is 0 Å². The molecule has 0 bridgehead atoms. The van der Waals surface area contributed by atoms with E-state index in [1.165, 1.54) is 16.4 Å². The van der Waals surface area contributed by atoms with Crippen LogP contribution in [0.1, 0.15) is 0 Å². The largest absolute Gasteiger partial charge is 0.497 e. The number of methoxy groups -OCH3 is 2. The Kier molecular flexibility index (Phi) is 5.77. The summed E-state index contributed by atoms with van der Waals surface area (Å²) in [5, 5.41) is 11.3. The average molecular weight is 386 g/mol. The third kappa shape index (κ3) is 4.47. The monoisotopic (exact) mass is 386 g/mol. The van der Waals surface area contributed by atoms with Gasteiger partial charge in [0.15, 0.2) is 5.82 Å². The van der Waals surface area contributed by atoms with Crippen LogP contribution in [0, 0.1) is 0 Å². The van der Waals surface area contributed by atoms with Gasteiger partial charge in [0.1, 0.15) is 11.5 Å². The molecule has 1 amide bonds. The van der Waals surface area contributed by atoms with Crippen LogP contribution < -0.4 is 20.6 Å². The number of rotatable bonds is 7. The van der Waals surface area contributed by atoms with E-state index in [9.17, 15) is 4.79 Å². The first kappa shape index (κ1) is 18.5. The second-order valence-electron chi connectivity index (χ2n) is 5.35. The molecule has 0 aliphatic rings. The molecular weight excluding hydrogens is 368 g/mol. The van der Waals surface area contributed by atoms with Crippen LogP contribution in [0.15, 0.2) is 47.9 Å². The molecule has 10 heteroatoms. The van der Waals surface area contributed by atoms with E-state index in [2.05, 4.69) is 20.5 Å². The zero-order valence-electron chi connectivity index (χ0n) is 14.7. The number of nitrogens with two attached hydrogens (primary N) is 1. The van der Waals surface area contributed by atoms with Gasteiger partial charge in [-0.25, -0.2) is 4.68 Å². The number of amides is 1. The Labute approximate surface area is 159 Å². The van der Waals surface area contributed by atoms with Crippen molar-refractivity contribution in [3.8, 4) is 22.9 Å². The minimum absolute atomic E-state index is 0.116. The number of hydrogen-bond donors (Lipinski definition) is 2. The third-order valence-corrected chi connectivity index (χ3v) is 4.51. The number of carbonyl (C=O) groups is 1. The van der Waals surface area contributed by atoms with E-state index in [1.54, 1.807) is 56.9 Å². The highest BCUT2D eigenvalue weighted by Gasteiger charge is 2.14. The minimum Gasteiger partial charge on any atom is -0.497 e. The summed E-state index contributed by atoms with van der Waals surface area (Å²) in [5.74, 6) is 7.60. The van der Waals surface area contributed by atoms with Crippen molar-refractivity contribution in [2.45, 2.75) is 5.16 Å². The van der Waals surface area contributed by atoms with Gasteiger partial charge >= 0.3 is 0 Å². The summed E-state index contributed by atoms with van der Waals surface area (Å²) in [5.41, 5.74) is 1.36. The minimum atomic E-state index is -0.219. The third-order valence-electron chi connectivity index (χ3n) is 3.57. The zero-order valence-corrected chi connectivity index (χ0v) is 15.6. The standard InChI is InChI=1S/C17H18N6O3S/c1-25-13-7-12(8-14(9-13)26-2)20-15(24)10-27-17-22-21-16(23(17)18)11-3-5-19-6-4-11/h3-9H,10,18H2,1-2H3,(H,20,24). The highest BCUT2D eigenvalue weighted by molar-refractivity contribution is 7.99. The summed E-state index contributed by atoms with van der Waals surface area (Å²) in [4.78, 5) is 16.2. The number of nitrogens with one attached hydrogen (secondary N) is 1. The topological polar surface area (TPSA) is 117 Å². The van der Waals surface area contributed by atoms with Gasteiger partial charge in [0, 0.05) is 41.8 Å². The molecule has 0 saturated heterocycles. The Bertz CT molecular complexity index is 909. The zero-order chi connectivity index (χ0) is 19.2. The quantitative estimate of drug-likeness (QED) is 0.466. The molecular formula is C17H18N6O3S. The molecule has 0 saturated carbocycles. The molecule has 3 rings (SSSR count). The lowest BCUT2D eigenvalue weighted by Crippen LogP contribution is -2.16. The van der Waals surface area contributed by atoms with Crippen LogP contribution in [-0.2, 0) is 4.79 Å². The second kappa shape index (κ2) is 8.41. The molecule has 27 heavy (non-hydrogen) atoms. The van der Waals surface area contributed by atoms with Gasteiger partial charge < -0.3 is 20.6 Å². The van der Waals surface area contributed by atoms with E-state index in [1.807, 2.05) is 0 Å². The van der Waals surface area contributed by atoms with Crippen molar-refractivity contribution in [3.63, 3.8) is 0 Å². The molecule has 0 aliphatic carbocycles. The molecule has 3 aromatic rings. The van der Waals surface area contributed by atoms with Gasteiger partial charge in [0.05, 0.1) is 20.0 Å². The van der Waals surface area contributed by atoms with E-state index >= 15 is 0 Å². The maximum Gasteiger partial charge on any atom is 0.234 e. The number of thioether (sulfide) groups is 1. The van der Waals surface area contributed by atoms with Crippen LogP contribution in [0.25, 0.3) is 11.4 Å². The number of ether oxygens (including phenoxy) is 2. The Hall–Kier alpha value is -3.27. The molecule has 0 aliphatic heterocycles. The van der Waals surface area contributed by atoms with Gasteiger partial charge in [0.2, 0.25) is 11.1 Å². The van der Waals surface area contributed by atoms with Crippen molar-refractivity contribution in [1.82, 2.24) is 19.9 Å². The Morgan fingerprint density at radius 3 is 2.44 bits per heavy atom. The molecule has 2 heterocycles. The molecule has 3 N–H and O–H groups in total. The van der Waals surface area contributed by atoms with Gasteiger partial charge in [-0.05, 0) is 12.1 Å². The number of anilines is 1. The van der Waals surface area contributed by atoms with Gasteiger partial charge in [-0.15, -0.1) is 10.2 Å². The van der Waals surface area contributed by atoms with Crippen LogP contribution in [0.2, 0.25) is 0 Å². The smallest absolute Gasteiger partial charge is 0.234 e. The van der Waals surface area contributed by atoms with E-state index in [4.69, 9.17) is 15.3 Å². The number of aromatic nitrogens is 4. The van der Waals surface area contributed by atoms with Crippen molar-refractivity contribution < 1.29 is 14.3 Å². The van der Waals surface area contributed by atoms with Crippen LogP contribution in [0.3, 0.4) is 0 Å². The lowest BCUT2D eigenvalue weighted by atomic mass is 10.2. The highest BCUT2D eigenvalue weighted by Crippen LogP contribution is 2.26. The normalized spacial score (nSPS) is 10.4. The molecule has 0 spiro atoms. The number of hydrogen-bond acceptors (Lipinski definition) is 8. The number of nitrogen functional groups attached to an aromatic ring is 1. The molecule has 1 aromatic carbocycles. The number of benzene rings is 1. The Morgan fingerprint density at radius 1 is 1.15 bits per heavy atom. The van der Waals surface area contributed by atoms with Crippen LogP contribution in [0.5, 0.6) is 11.5 Å². The van der Waals surface area contributed by atoms with Crippen molar-refractivity contribution in [3.05, 3.63) is 42.7 Å². The van der Waals surface area contributed by atoms with Crippen molar-refractivity contribution in [2.75, 3.05) is 31.1 Å². The Balaban J connectivity index is 1.64. The summed E-state index contributed by atoms with van der Waals surface area (Å²) < 4.78 is 11.7. The van der Waals surface area contributed by atoms with E-state index < -0.39 is 0 Å². The van der Waals surface area contributed by atoms with Crippen LogP contribution in [-0.4, -0.2) is 45.7 Å². The maximum absolute atomic E-state index is 12.3. The first-order valence-electron chi connectivity index (χ1n) is 7.87. The molecule has 140 valence electrons. The lowest BCUT2D eigenvalue weighted by molar-refractivity contribution is -0.113. The highest BCUT2D eigenvalue weighted by atomic mass is 32.2. The van der Waals surface area contributed by atoms with E-state index in [0.29, 0.717) is 28.2 Å². The predicted octanol–water partition coefficient (Wildman–Crippen LogP) is 1.80. The summed E-state index contributed by atoms with van der Waals surface area (Å²) in [6.07, 6.45) is 3.29. The number of nitrogens with zero attached hydrogens (tertiary/aromatic N) is 4. The second-order valence-corrected chi connectivity index (χ2v) is 6.29. The first-order chi connectivity index (χ1) is 13.1. The van der Waals surface area contributed by atoms with E-state index in [-0.39, 0.29) is 11.7 Å². The predicted molar refractivity (Wildman–Crippen MR) is 102 cm³/mol. The van der Waals surface area contributed by atoms with Crippen molar-refractivity contribution in [1.29, 1.82) is 0 Å². The molecule has 0 atom stereocenters. The molecule has 2 aromatic heterocycles. The lowest BCUT2D eigenvalue weighted by Gasteiger charge is -2.09. The molecule has 9 nitrogen and oxygen atoms in total. The van der Waals surface area contributed by atoms with Crippen LogP contribution >= 0.6 is 11.8 Å². The molecule has 0 radical (unpaired) electrons. The summed E-state index contributed by atoms with van der Waals surface area (Å²) in [6, 6.07) is 8.70. The van der Waals surface area contributed by atoms with Crippen LogP contribution in [0.4, 0.5) is 5.69 Å². The SMILES string of the molecule is COc1cc(NC(=O)CSc2nnc(-c3ccncc3)n2N)cc(OC)c1. The fourth-order valence-corrected chi connectivity index (χ4v) is 2.94. The van der Waals surface area contributed by atoms with Crippen molar-refractivity contribution in [2.24, 2.45) is 0 Å². The van der Waals surface area contributed by atoms with E-state index in [0.717, 1.165) is 5.56 Å². The summed E-state index contributed by atoms with van der Waals surface area (Å²) >= 11 is 1.18. The van der Waals surface area contributed by atoms with Crippen molar-refractivity contribution >= 4 is 23.4 Å².